The lowest BCUT2D eigenvalue weighted by Gasteiger charge is -2.21. The summed E-state index contributed by atoms with van der Waals surface area (Å²) in [5.74, 6) is 2.02. The lowest BCUT2D eigenvalue weighted by molar-refractivity contribution is 0.660. The molecule has 5 aromatic carbocycles. The van der Waals surface area contributed by atoms with Crippen molar-refractivity contribution in [2.45, 2.75) is 19.3 Å². The van der Waals surface area contributed by atoms with E-state index in [4.69, 9.17) is 15.0 Å². The molecule has 39 heavy (non-hydrogen) atoms. The standard InChI is InChI=1S/C36H27N3/c1-36(2)31-20-18-27(24-12-6-3-7-13-24)22-29(31)30-23-28(19-21-32(30)36)35-38-33(25-14-8-4-9-15-25)37-34(39-35)26-16-10-5-11-17-26/h3-23H,1-2H3. The number of aromatic nitrogens is 3. The van der Waals surface area contributed by atoms with Crippen LogP contribution in [-0.4, -0.2) is 15.0 Å². The van der Waals surface area contributed by atoms with Crippen LogP contribution < -0.4 is 0 Å². The second-order valence-corrected chi connectivity index (χ2v) is 10.6. The van der Waals surface area contributed by atoms with Gasteiger partial charge in [-0.2, -0.15) is 0 Å². The highest BCUT2D eigenvalue weighted by molar-refractivity contribution is 5.86. The SMILES string of the molecule is CC1(C)c2ccc(-c3ccccc3)cc2-c2cc(-c3nc(-c4ccccc4)nc(-c4ccccc4)n3)ccc21. The van der Waals surface area contributed by atoms with Crippen molar-refractivity contribution in [3.63, 3.8) is 0 Å². The van der Waals surface area contributed by atoms with Crippen molar-refractivity contribution >= 4 is 0 Å². The lowest BCUT2D eigenvalue weighted by Crippen LogP contribution is -2.14. The van der Waals surface area contributed by atoms with Gasteiger partial charge >= 0.3 is 0 Å². The quantitative estimate of drug-likeness (QED) is 0.242. The maximum Gasteiger partial charge on any atom is 0.164 e. The van der Waals surface area contributed by atoms with Gasteiger partial charge in [0.2, 0.25) is 0 Å². The molecular formula is C36H27N3. The molecule has 0 N–H and O–H groups in total. The van der Waals surface area contributed by atoms with Gasteiger partial charge in [-0.3, -0.25) is 0 Å². The van der Waals surface area contributed by atoms with Gasteiger partial charge in [0.1, 0.15) is 0 Å². The van der Waals surface area contributed by atoms with Gasteiger partial charge in [0.05, 0.1) is 0 Å². The fraction of sp³-hybridized carbons (Fsp3) is 0.0833. The van der Waals surface area contributed by atoms with Crippen LogP contribution in [0.5, 0.6) is 0 Å². The summed E-state index contributed by atoms with van der Waals surface area (Å²) < 4.78 is 0. The van der Waals surface area contributed by atoms with E-state index in [0.717, 1.165) is 16.7 Å². The third kappa shape index (κ3) is 4.04. The summed E-state index contributed by atoms with van der Waals surface area (Å²) in [5.41, 5.74) is 10.5. The number of benzene rings is 5. The highest BCUT2D eigenvalue weighted by atomic mass is 15.0. The first-order chi connectivity index (χ1) is 19.1. The molecule has 1 heterocycles. The predicted molar refractivity (Wildman–Crippen MR) is 159 cm³/mol. The van der Waals surface area contributed by atoms with E-state index in [1.165, 1.54) is 33.4 Å². The van der Waals surface area contributed by atoms with E-state index in [9.17, 15) is 0 Å². The Labute approximate surface area is 228 Å². The molecule has 6 aromatic rings. The predicted octanol–water partition coefficient (Wildman–Crippen LogP) is 8.85. The Morgan fingerprint density at radius 2 is 0.769 bits per heavy atom. The summed E-state index contributed by atoms with van der Waals surface area (Å²) in [6.45, 7) is 4.62. The normalized spacial score (nSPS) is 13.1. The summed E-state index contributed by atoms with van der Waals surface area (Å²) in [6.07, 6.45) is 0. The van der Waals surface area contributed by atoms with Gasteiger partial charge in [0, 0.05) is 22.1 Å². The minimum atomic E-state index is -0.0814. The first kappa shape index (κ1) is 23.2. The molecule has 1 aliphatic rings. The molecule has 186 valence electrons. The van der Waals surface area contributed by atoms with Crippen molar-refractivity contribution < 1.29 is 0 Å². The third-order valence-corrected chi connectivity index (χ3v) is 7.74. The van der Waals surface area contributed by atoms with E-state index >= 15 is 0 Å². The maximum atomic E-state index is 4.96. The average molecular weight is 502 g/mol. The van der Waals surface area contributed by atoms with Crippen LogP contribution in [0.1, 0.15) is 25.0 Å². The minimum absolute atomic E-state index is 0.0814. The van der Waals surface area contributed by atoms with Gasteiger partial charge in [-0.25, -0.2) is 15.0 Å². The fourth-order valence-electron chi connectivity index (χ4n) is 5.66. The summed E-state index contributed by atoms with van der Waals surface area (Å²) in [6, 6.07) is 44.3. The van der Waals surface area contributed by atoms with Crippen molar-refractivity contribution in [3.8, 4) is 56.4 Å². The van der Waals surface area contributed by atoms with Crippen molar-refractivity contribution in [1.29, 1.82) is 0 Å². The topological polar surface area (TPSA) is 38.7 Å². The lowest BCUT2D eigenvalue weighted by atomic mass is 9.82. The summed E-state index contributed by atoms with van der Waals surface area (Å²) in [5, 5.41) is 0. The molecule has 0 saturated carbocycles. The Kier molecular flexibility index (Phi) is 5.45. The van der Waals surface area contributed by atoms with Crippen LogP contribution in [0, 0.1) is 0 Å². The Morgan fingerprint density at radius 3 is 1.26 bits per heavy atom. The molecule has 0 spiro atoms. The first-order valence-corrected chi connectivity index (χ1v) is 13.3. The molecule has 0 fully saturated rings. The van der Waals surface area contributed by atoms with Crippen molar-refractivity contribution in [2.75, 3.05) is 0 Å². The van der Waals surface area contributed by atoms with Crippen LogP contribution in [-0.2, 0) is 5.41 Å². The molecule has 1 aliphatic carbocycles. The van der Waals surface area contributed by atoms with Crippen molar-refractivity contribution in [3.05, 3.63) is 139 Å². The molecule has 0 unspecified atom stereocenters. The van der Waals surface area contributed by atoms with E-state index < -0.39 is 0 Å². The van der Waals surface area contributed by atoms with Gasteiger partial charge in [-0.05, 0) is 45.5 Å². The Morgan fingerprint density at radius 1 is 0.385 bits per heavy atom. The van der Waals surface area contributed by atoms with Gasteiger partial charge < -0.3 is 0 Å². The molecule has 7 rings (SSSR count). The summed E-state index contributed by atoms with van der Waals surface area (Å²) in [4.78, 5) is 14.8. The Balaban J connectivity index is 1.40. The molecular weight excluding hydrogens is 474 g/mol. The summed E-state index contributed by atoms with van der Waals surface area (Å²) >= 11 is 0. The van der Waals surface area contributed by atoms with Gasteiger partial charge in [0.25, 0.3) is 0 Å². The molecule has 3 nitrogen and oxygen atoms in total. The van der Waals surface area contributed by atoms with E-state index in [1.807, 2.05) is 60.7 Å². The van der Waals surface area contributed by atoms with Crippen LogP contribution in [0.3, 0.4) is 0 Å². The Bertz CT molecular complexity index is 1750. The van der Waals surface area contributed by atoms with Crippen LogP contribution in [0.15, 0.2) is 127 Å². The number of nitrogens with zero attached hydrogens (tertiary/aromatic N) is 3. The fourth-order valence-corrected chi connectivity index (χ4v) is 5.66. The zero-order valence-corrected chi connectivity index (χ0v) is 22.0. The van der Waals surface area contributed by atoms with Gasteiger partial charge in [0.15, 0.2) is 17.5 Å². The van der Waals surface area contributed by atoms with Crippen LogP contribution >= 0.6 is 0 Å². The second kappa shape index (κ2) is 9.14. The number of fused-ring (bicyclic) bond motifs is 3. The largest absolute Gasteiger partial charge is 0.208 e. The average Bonchev–Trinajstić information content (AvgIpc) is 3.23. The molecule has 0 atom stereocenters. The van der Waals surface area contributed by atoms with E-state index in [0.29, 0.717) is 17.5 Å². The Hall–Kier alpha value is -4.89. The van der Waals surface area contributed by atoms with E-state index in [-0.39, 0.29) is 5.41 Å². The van der Waals surface area contributed by atoms with Crippen LogP contribution in [0.4, 0.5) is 0 Å². The second-order valence-electron chi connectivity index (χ2n) is 10.6. The smallest absolute Gasteiger partial charge is 0.164 e. The van der Waals surface area contributed by atoms with Crippen molar-refractivity contribution in [2.24, 2.45) is 0 Å². The third-order valence-electron chi connectivity index (χ3n) is 7.74. The van der Waals surface area contributed by atoms with Crippen LogP contribution in [0.25, 0.3) is 56.4 Å². The van der Waals surface area contributed by atoms with E-state index in [2.05, 4.69) is 80.6 Å². The number of hydrogen-bond acceptors (Lipinski definition) is 3. The van der Waals surface area contributed by atoms with Gasteiger partial charge in [-0.15, -0.1) is 0 Å². The first-order valence-electron chi connectivity index (χ1n) is 13.3. The molecule has 0 amide bonds. The molecule has 0 saturated heterocycles. The molecule has 1 aromatic heterocycles. The molecule has 0 bridgehead atoms. The maximum absolute atomic E-state index is 4.96. The van der Waals surface area contributed by atoms with E-state index in [1.54, 1.807) is 0 Å². The monoisotopic (exact) mass is 501 g/mol. The zero-order valence-electron chi connectivity index (χ0n) is 22.0. The number of rotatable bonds is 4. The summed E-state index contributed by atoms with van der Waals surface area (Å²) in [7, 11) is 0. The number of hydrogen-bond donors (Lipinski definition) is 0. The highest BCUT2D eigenvalue weighted by Crippen LogP contribution is 2.50. The highest BCUT2D eigenvalue weighted by Gasteiger charge is 2.35. The van der Waals surface area contributed by atoms with Crippen molar-refractivity contribution in [1.82, 2.24) is 15.0 Å². The molecule has 0 radical (unpaired) electrons. The van der Waals surface area contributed by atoms with Gasteiger partial charge in [-0.1, -0.05) is 129 Å². The molecule has 0 aliphatic heterocycles. The zero-order chi connectivity index (χ0) is 26.4. The molecule has 3 heteroatoms. The minimum Gasteiger partial charge on any atom is -0.208 e. The van der Waals surface area contributed by atoms with Crippen LogP contribution in [0.2, 0.25) is 0 Å².